The van der Waals surface area contributed by atoms with Crippen molar-refractivity contribution in [3.05, 3.63) is 336 Å². The van der Waals surface area contributed by atoms with Crippen molar-refractivity contribution >= 4 is 41.6 Å². The molecule has 2 aliphatic heterocycles. The second-order valence-corrected chi connectivity index (χ2v) is 27.4. The zero-order chi connectivity index (χ0) is 72.2. The van der Waals surface area contributed by atoms with Crippen LogP contribution in [0.3, 0.4) is 0 Å². The molecule has 0 radical (unpaired) electrons. The first-order valence-electron chi connectivity index (χ1n) is 34.3. The van der Waals surface area contributed by atoms with Crippen molar-refractivity contribution in [1.82, 2.24) is 39.0 Å². The number of methoxy groups -OCH3 is 2. The summed E-state index contributed by atoms with van der Waals surface area (Å²) < 4.78 is 95.7. The van der Waals surface area contributed by atoms with Crippen LogP contribution < -0.4 is 20.1 Å². The predicted molar refractivity (Wildman–Crippen MR) is 408 cm³/mol. The molecule has 0 bridgehead atoms. The van der Waals surface area contributed by atoms with Crippen LogP contribution >= 0.6 is 7.60 Å². The maximum absolute atomic E-state index is 16.6. The molecule has 3 unspecified atom stereocenters. The highest BCUT2D eigenvalue weighted by molar-refractivity contribution is 7.52. The van der Waals surface area contributed by atoms with E-state index in [2.05, 4.69) is 98.4 Å². The topological polar surface area (TPSA) is 222 Å². The number of imidazole rings is 2. The molecule has 15 rings (SSSR count). The van der Waals surface area contributed by atoms with Crippen molar-refractivity contribution < 1.29 is 55.9 Å². The summed E-state index contributed by atoms with van der Waals surface area (Å²) in [6.45, 7) is 0.814. The van der Waals surface area contributed by atoms with Gasteiger partial charge in [-0.25, -0.2) is 38.7 Å². The van der Waals surface area contributed by atoms with Crippen LogP contribution in [0.1, 0.15) is 77.4 Å². The van der Waals surface area contributed by atoms with E-state index in [1.54, 1.807) is 36.0 Å². The standard InChI is InChI=1S/C45H43FN5O6P.C37H34FN5O4.2CH4/c1-53-37-25-23-33(24-26-37)27-54-41-39(46)38(29-56-58(2,52)55-28-32-15-7-3-8-16-32)57-44(41)51-31-49-40-42(47-30-48-43(40)51)50-45(34-17-9-4-10-18-34,35-19-11-5-12-20-35)36-21-13-6-14-22-36;1-45-29-19-17-25(18-20-29)22-46-33-31(38)30(21-44)47-36(33)43-24-41-32-34(39-23-40-35(32)43)42-37(26-11-5-2-6-12-26,27-13-7-3-8-14-27)28-15-9-4-10-16-28;;/h3-26,30-31,38-39,41,44H,27-29H2,1-2H3,(H,47,48,50);2-20,23-24,30-31,33,36,44H,21-22H2,1H3,(H,39,40,42);2*1H4/t38-,39?,41+,44-,58?;30-,31?,33+,36-;;/m11../s1. The van der Waals surface area contributed by atoms with Crippen LogP contribution in [0.4, 0.5) is 20.4 Å². The maximum atomic E-state index is 16.6. The average Bonchev–Trinajstić information content (AvgIpc) is 1.69. The van der Waals surface area contributed by atoms with Crippen molar-refractivity contribution in [3.63, 3.8) is 0 Å². The van der Waals surface area contributed by atoms with Crippen LogP contribution in [0.2, 0.25) is 0 Å². The normalized spacial score (nSPS) is 19.0. The molecule has 2 fully saturated rings. The SMILES string of the molecule is C.C.COc1ccc(CO[C@H]2C(F)[C@@H](CO)O[C@H]2n2cnc3c(NC(c4ccccc4)(c4ccccc4)c4ccccc4)ncnc32)cc1.COc1ccc(CO[C@H]2C(F)[C@@H](COP(C)(=O)OCc3ccccc3)O[C@H]2n2cnc3c(NC(c4ccccc4)(c4ccccc4)c4ccccc4)ncnc32)cc1. The van der Waals surface area contributed by atoms with Gasteiger partial charge >= 0.3 is 7.60 Å². The predicted octanol–water partition coefficient (Wildman–Crippen LogP) is 16.4. The summed E-state index contributed by atoms with van der Waals surface area (Å²) in [5.74, 6) is 2.33. The molecule has 4 aromatic heterocycles. The minimum atomic E-state index is -3.60. The second kappa shape index (κ2) is 34.6. The van der Waals surface area contributed by atoms with Gasteiger partial charge in [0.15, 0.2) is 58.8 Å². The van der Waals surface area contributed by atoms with E-state index in [0.29, 0.717) is 45.5 Å². The van der Waals surface area contributed by atoms with Crippen molar-refractivity contribution in [1.29, 1.82) is 0 Å². The first-order valence-corrected chi connectivity index (χ1v) is 36.3. The average molecular weight is 1460 g/mol. The Morgan fingerprint density at radius 2 is 0.766 bits per heavy atom. The van der Waals surface area contributed by atoms with E-state index in [0.717, 1.165) is 50.1 Å². The number of hydrogen-bond donors (Lipinski definition) is 3. The smallest absolute Gasteiger partial charge is 0.328 e. The molecule has 2 saturated heterocycles. The van der Waals surface area contributed by atoms with Crippen LogP contribution in [-0.2, 0) is 63.5 Å². The van der Waals surface area contributed by atoms with E-state index in [-0.39, 0.29) is 41.3 Å². The van der Waals surface area contributed by atoms with E-state index in [1.165, 1.54) is 19.3 Å². The molecule has 9 aromatic carbocycles. The number of hydrogen-bond acceptors (Lipinski definition) is 18. The van der Waals surface area contributed by atoms with Crippen LogP contribution in [0.5, 0.6) is 11.5 Å². The third-order valence-electron chi connectivity index (χ3n) is 18.8. The van der Waals surface area contributed by atoms with Crippen LogP contribution in [0.25, 0.3) is 22.3 Å². The Morgan fingerprint density at radius 1 is 0.439 bits per heavy atom. The molecule has 0 spiro atoms. The van der Waals surface area contributed by atoms with E-state index in [4.69, 9.17) is 52.4 Å². The van der Waals surface area contributed by atoms with E-state index < -0.39 is 74.5 Å². The molecular formula is C84H85F2N10O10P. The lowest BCUT2D eigenvalue weighted by molar-refractivity contribution is -0.0741. The number of nitrogens with zero attached hydrogens (tertiary/aromatic N) is 8. The molecule has 0 amide bonds. The van der Waals surface area contributed by atoms with Crippen LogP contribution in [0, 0.1) is 0 Å². The number of anilines is 2. The highest BCUT2D eigenvalue weighted by Crippen LogP contribution is 2.48. The highest BCUT2D eigenvalue weighted by atomic mass is 31.2. The molecule has 3 N–H and O–H groups in total. The number of alkyl halides is 2. The third-order valence-corrected chi connectivity index (χ3v) is 20.0. The van der Waals surface area contributed by atoms with Gasteiger partial charge in [0.25, 0.3) is 0 Å². The largest absolute Gasteiger partial charge is 0.497 e. The van der Waals surface area contributed by atoms with Gasteiger partial charge in [-0.2, -0.15) is 0 Å². The molecule has 6 heterocycles. The van der Waals surface area contributed by atoms with Crippen molar-refractivity contribution in [2.45, 2.75) is 95.0 Å². The van der Waals surface area contributed by atoms with Gasteiger partial charge in [0.2, 0.25) is 0 Å². The lowest BCUT2D eigenvalue weighted by Crippen LogP contribution is -2.38. The number of nitrogens with one attached hydrogen (secondary N) is 2. The lowest BCUT2D eigenvalue weighted by atomic mass is 9.77. The Hall–Kier alpha value is -10.9. The van der Waals surface area contributed by atoms with Gasteiger partial charge in [0.05, 0.1) is 59.9 Å². The summed E-state index contributed by atoms with van der Waals surface area (Å²) in [4.78, 5) is 28.1. The molecular weight excluding hydrogens is 1380 g/mol. The van der Waals surface area contributed by atoms with E-state index in [1.807, 2.05) is 188 Å². The molecule has 20 nitrogen and oxygen atoms in total. The van der Waals surface area contributed by atoms with Crippen molar-refractivity contribution in [2.75, 3.05) is 44.7 Å². The Kier molecular flexibility index (Phi) is 24.5. The summed E-state index contributed by atoms with van der Waals surface area (Å²) in [7, 11) is -0.409. The summed E-state index contributed by atoms with van der Waals surface area (Å²) in [6.07, 6.45) is -3.61. The first kappa shape index (κ1) is 75.8. The van der Waals surface area contributed by atoms with Crippen molar-refractivity contribution in [3.8, 4) is 11.5 Å². The number of aromatic nitrogens is 8. The number of halogens is 2. The quantitative estimate of drug-likeness (QED) is 0.0322. The van der Waals surface area contributed by atoms with Crippen LogP contribution in [0.15, 0.2) is 286 Å². The Balaban J connectivity index is 0.000000201. The van der Waals surface area contributed by atoms with Gasteiger partial charge in [-0.1, -0.05) is 251 Å². The number of aliphatic hydroxyl groups excluding tert-OH is 1. The third kappa shape index (κ3) is 16.3. The van der Waals surface area contributed by atoms with Crippen molar-refractivity contribution in [2.24, 2.45) is 0 Å². The Bertz CT molecular complexity index is 4780. The second-order valence-electron chi connectivity index (χ2n) is 25.3. The minimum Gasteiger partial charge on any atom is -0.497 e. The van der Waals surface area contributed by atoms with Gasteiger partial charge < -0.3 is 53.2 Å². The molecule has 13 aromatic rings. The van der Waals surface area contributed by atoms with Crippen LogP contribution in [-0.4, -0.2) is 115 Å². The van der Waals surface area contributed by atoms with Gasteiger partial charge in [-0.15, -0.1) is 0 Å². The molecule has 107 heavy (non-hydrogen) atoms. The summed E-state index contributed by atoms with van der Waals surface area (Å²) in [5, 5.41) is 17.5. The number of ether oxygens (including phenoxy) is 6. The molecule has 9 atom stereocenters. The fourth-order valence-electron chi connectivity index (χ4n) is 13.5. The highest BCUT2D eigenvalue weighted by Gasteiger charge is 2.50. The fraction of sp³-hybridized carbons (Fsp3) is 0.238. The maximum Gasteiger partial charge on any atom is 0.328 e. The zero-order valence-corrected chi connectivity index (χ0v) is 58.6. The molecule has 2 aliphatic rings. The number of rotatable bonds is 27. The summed E-state index contributed by atoms with van der Waals surface area (Å²) >= 11 is 0. The number of fused-ring (bicyclic) bond motifs is 2. The zero-order valence-electron chi connectivity index (χ0n) is 57.7. The molecule has 0 aliphatic carbocycles. The fourth-order valence-corrected chi connectivity index (χ4v) is 14.4. The van der Waals surface area contributed by atoms with Gasteiger partial charge in [-0.05, 0) is 74.3 Å². The summed E-state index contributed by atoms with van der Waals surface area (Å²) in [6, 6.07) is 85.0. The van der Waals surface area contributed by atoms with E-state index in [9.17, 15) is 9.67 Å². The Labute approximate surface area is 620 Å². The lowest BCUT2D eigenvalue weighted by Gasteiger charge is -2.37. The summed E-state index contributed by atoms with van der Waals surface area (Å²) in [5.41, 5.74) is 8.41. The monoisotopic (exact) mass is 1460 g/mol. The van der Waals surface area contributed by atoms with Gasteiger partial charge in [-0.3, -0.25) is 13.7 Å². The number of benzene rings is 9. The van der Waals surface area contributed by atoms with Gasteiger partial charge in [0, 0.05) is 6.66 Å². The minimum absolute atomic E-state index is 0. The number of aliphatic hydroxyl groups is 1. The Morgan fingerprint density at radius 3 is 1.11 bits per heavy atom. The molecule has 550 valence electrons. The molecule has 23 heteroatoms. The van der Waals surface area contributed by atoms with E-state index >= 15 is 8.78 Å². The van der Waals surface area contributed by atoms with Gasteiger partial charge in [0.1, 0.15) is 59.6 Å². The first-order chi connectivity index (χ1) is 51.5. The molecule has 0 saturated carbocycles.